The van der Waals surface area contributed by atoms with Crippen molar-refractivity contribution in [2.45, 2.75) is 24.5 Å². The second-order valence-corrected chi connectivity index (χ2v) is 16.3. The number of allylic oxidation sites excluding steroid dienone is 1. The monoisotopic (exact) mass is 783 g/mol. The zero-order chi connectivity index (χ0) is 40.5. The van der Waals surface area contributed by atoms with Gasteiger partial charge in [0.05, 0.1) is 5.70 Å². The lowest BCUT2D eigenvalue weighted by atomic mass is 9.81. The van der Waals surface area contributed by atoms with Crippen LogP contribution < -0.4 is 21.1 Å². The molecule has 0 aromatic heterocycles. The van der Waals surface area contributed by atoms with Crippen LogP contribution in [0.4, 0.5) is 0 Å². The van der Waals surface area contributed by atoms with Crippen LogP contribution >= 0.6 is 0 Å². The second-order valence-electron chi connectivity index (χ2n) is 16.3. The minimum absolute atomic E-state index is 0.0571. The van der Waals surface area contributed by atoms with Crippen LogP contribution in [0, 0.1) is 5.92 Å². The van der Waals surface area contributed by atoms with Crippen LogP contribution in [-0.4, -0.2) is 5.71 Å². The molecule has 4 atom stereocenters. The van der Waals surface area contributed by atoms with Crippen molar-refractivity contribution >= 4 is 22.7 Å². The summed E-state index contributed by atoms with van der Waals surface area (Å²) in [5.74, 6) is 0.359. The third kappa shape index (κ3) is 7.13. The zero-order valence-electron chi connectivity index (χ0n) is 33.8. The first kappa shape index (κ1) is 36.7. The van der Waals surface area contributed by atoms with Gasteiger partial charge < -0.3 is 5.32 Å². The maximum atomic E-state index is 5.25. The van der Waals surface area contributed by atoms with Gasteiger partial charge >= 0.3 is 0 Å². The van der Waals surface area contributed by atoms with Crippen LogP contribution in [0.25, 0.3) is 39.2 Å². The normalized spacial score (nSPS) is 19.3. The molecule has 11 rings (SSSR count). The lowest BCUT2D eigenvalue weighted by Crippen LogP contribution is -2.47. The minimum atomic E-state index is -0.0571. The molecule has 8 aromatic carbocycles. The number of aliphatic imine (C=N–C) groups is 1. The van der Waals surface area contributed by atoms with E-state index in [9.17, 15) is 0 Å². The Hall–Kier alpha value is -7.33. The highest BCUT2D eigenvalue weighted by molar-refractivity contribution is 6.05. The van der Waals surface area contributed by atoms with Crippen LogP contribution in [-0.2, 0) is 0 Å². The highest BCUT2D eigenvalue weighted by Gasteiger charge is 2.40. The summed E-state index contributed by atoms with van der Waals surface area (Å²) >= 11 is 0. The number of hydrogen-bond acceptors (Lipinski definition) is 3. The standard InChI is InChI=1S/C58H45N3/c1-5-15-39(16-6-1)40-29-33-45(34-30-40)53-38-49(37-52(59-53)44-17-7-2-8-18-44)43-27-25-41(26-28-43)42-31-35-48(36-32-42)58-60-56(47-21-11-4-12-22-47)55-54(46-19-9-3-10-20-46)50-23-13-14-24-51(50)57(55)61-58/h1-37,49,55-56,58,60-61H,38H2. The Bertz CT molecular complexity index is 3010. The Balaban J connectivity index is 0.870. The molecule has 3 heteroatoms. The molecule has 0 radical (unpaired) electrons. The van der Waals surface area contributed by atoms with Gasteiger partial charge in [-0.05, 0) is 66.4 Å². The molecule has 61 heavy (non-hydrogen) atoms. The van der Waals surface area contributed by atoms with Gasteiger partial charge in [0.1, 0.15) is 6.17 Å². The van der Waals surface area contributed by atoms with E-state index in [-0.39, 0.29) is 24.0 Å². The smallest absolute Gasteiger partial charge is 0.103 e. The SMILES string of the molecule is C1=C(c2ccccc2)N=C(c2ccc(-c3ccccc3)cc2)CC1c1ccc(-c2ccc(C3NC4=c5ccccc5=C(c5ccccc5)C4C(c4ccccc4)N3)cc2)cc1. The van der Waals surface area contributed by atoms with Gasteiger partial charge in [0.2, 0.25) is 0 Å². The summed E-state index contributed by atoms with van der Waals surface area (Å²) in [5.41, 5.74) is 17.0. The van der Waals surface area contributed by atoms with Crippen molar-refractivity contribution in [3.8, 4) is 22.3 Å². The van der Waals surface area contributed by atoms with E-state index in [1.54, 1.807) is 0 Å². The molecule has 292 valence electrons. The highest BCUT2D eigenvalue weighted by atomic mass is 15.2. The van der Waals surface area contributed by atoms with Gasteiger partial charge in [-0.15, -0.1) is 0 Å². The van der Waals surface area contributed by atoms with Crippen LogP contribution in [0.1, 0.15) is 57.9 Å². The van der Waals surface area contributed by atoms with Crippen LogP contribution in [0.5, 0.6) is 0 Å². The molecule has 2 heterocycles. The summed E-state index contributed by atoms with van der Waals surface area (Å²) in [6, 6.07) is 79.1. The summed E-state index contributed by atoms with van der Waals surface area (Å²) in [6.07, 6.45) is 3.13. The number of hydrogen-bond donors (Lipinski definition) is 2. The van der Waals surface area contributed by atoms with Crippen molar-refractivity contribution in [3.05, 3.63) is 268 Å². The molecular weight excluding hydrogens is 739 g/mol. The van der Waals surface area contributed by atoms with E-state index >= 15 is 0 Å². The van der Waals surface area contributed by atoms with Crippen LogP contribution in [0.15, 0.2) is 229 Å². The van der Waals surface area contributed by atoms with Crippen LogP contribution in [0.3, 0.4) is 0 Å². The lowest BCUT2D eigenvalue weighted by Gasteiger charge is -2.41. The van der Waals surface area contributed by atoms with E-state index in [2.05, 4.69) is 235 Å². The quantitative estimate of drug-likeness (QED) is 0.161. The molecule has 0 spiro atoms. The van der Waals surface area contributed by atoms with Crippen molar-refractivity contribution in [2.75, 3.05) is 0 Å². The highest BCUT2D eigenvalue weighted by Crippen LogP contribution is 2.43. The van der Waals surface area contributed by atoms with Gasteiger partial charge in [-0.1, -0.05) is 224 Å². The molecular formula is C58H45N3. The second kappa shape index (κ2) is 16.0. The van der Waals surface area contributed by atoms with Crippen LogP contribution in [0.2, 0.25) is 0 Å². The molecule has 2 aliphatic heterocycles. The molecule has 3 aliphatic rings. The van der Waals surface area contributed by atoms with E-state index < -0.39 is 0 Å². The summed E-state index contributed by atoms with van der Waals surface area (Å²) in [7, 11) is 0. The molecule has 0 saturated carbocycles. The number of benzene rings is 8. The van der Waals surface area contributed by atoms with Gasteiger partial charge in [0, 0.05) is 40.9 Å². The molecule has 4 unspecified atom stereocenters. The van der Waals surface area contributed by atoms with E-state index in [4.69, 9.17) is 4.99 Å². The Morgan fingerprint density at radius 3 is 1.49 bits per heavy atom. The average molecular weight is 784 g/mol. The van der Waals surface area contributed by atoms with Crippen molar-refractivity contribution in [1.29, 1.82) is 0 Å². The summed E-state index contributed by atoms with van der Waals surface area (Å²) in [6.45, 7) is 0. The fourth-order valence-electron chi connectivity index (χ4n) is 9.62. The summed E-state index contributed by atoms with van der Waals surface area (Å²) < 4.78 is 0. The van der Waals surface area contributed by atoms with E-state index in [0.717, 1.165) is 23.4 Å². The average Bonchev–Trinajstić information content (AvgIpc) is 3.69. The molecule has 2 N–H and O–H groups in total. The molecule has 3 nitrogen and oxygen atoms in total. The van der Waals surface area contributed by atoms with E-state index in [1.807, 2.05) is 0 Å². The molecule has 0 amide bonds. The predicted molar refractivity (Wildman–Crippen MR) is 252 cm³/mol. The van der Waals surface area contributed by atoms with E-state index in [1.165, 1.54) is 71.8 Å². The van der Waals surface area contributed by atoms with Crippen molar-refractivity contribution in [3.63, 3.8) is 0 Å². The van der Waals surface area contributed by atoms with E-state index in [0.29, 0.717) is 0 Å². The third-order valence-electron chi connectivity index (χ3n) is 12.7. The molecule has 1 fully saturated rings. The summed E-state index contributed by atoms with van der Waals surface area (Å²) in [4.78, 5) is 5.25. The van der Waals surface area contributed by atoms with Gasteiger partial charge in [0.25, 0.3) is 0 Å². The first-order chi connectivity index (χ1) is 30.2. The Morgan fingerprint density at radius 1 is 0.393 bits per heavy atom. The van der Waals surface area contributed by atoms with Gasteiger partial charge in [0.15, 0.2) is 0 Å². The number of fused-ring (bicyclic) bond motifs is 2. The number of nitrogens with zero attached hydrogens (tertiary/aromatic N) is 1. The Morgan fingerprint density at radius 2 is 0.869 bits per heavy atom. The molecule has 0 bridgehead atoms. The number of nitrogens with one attached hydrogen (secondary N) is 2. The third-order valence-corrected chi connectivity index (χ3v) is 12.7. The summed E-state index contributed by atoms with van der Waals surface area (Å²) in [5, 5.41) is 10.7. The first-order valence-corrected chi connectivity index (χ1v) is 21.4. The molecule has 8 aromatic rings. The Kier molecular flexibility index (Phi) is 9.65. The predicted octanol–water partition coefficient (Wildman–Crippen LogP) is 11.6. The van der Waals surface area contributed by atoms with Crippen molar-refractivity contribution < 1.29 is 0 Å². The molecule has 1 aliphatic carbocycles. The zero-order valence-corrected chi connectivity index (χ0v) is 33.8. The van der Waals surface area contributed by atoms with Gasteiger partial charge in [-0.2, -0.15) is 0 Å². The van der Waals surface area contributed by atoms with Gasteiger partial charge in [-0.3, -0.25) is 10.3 Å². The lowest BCUT2D eigenvalue weighted by molar-refractivity contribution is 0.343. The van der Waals surface area contributed by atoms with Crippen molar-refractivity contribution in [2.24, 2.45) is 10.9 Å². The largest absolute Gasteiger partial charge is 0.368 e. The van der Waals surface area contributed by atoms with Crippen molar-refractivity contribution in [1.82, 2.24) is 10.6 Å². The van der Waals surface area contributed by atoms with Gasteiger partial charge in [-0.25, -0.2) is 0 Å². The number of rotatable bonds is 8. The first-order valence-electron chi connectivity index (χ1n) is 21.4. The fraction of sp³-hybridized carbons (Fsp3) is 0.0862. The Labute approximate surface area is 357 Å². The minimum Gasteiger partial charge on any atom is -0.368 e. The maximum Gasteiger partial charge on any atom is 0.103 e. The topological polar surface area (TPSA) is 36.4 Å². The fourth-order valence-corrected chi connectivity index (χ4v) is 9.62. The maximum absolute atomic E-state index is 5.25. The molecule has 1 saturated heterocycles.